The van der Waals surface area contributed by atoms with E-state index in [1.54, 1.807) is 0 Å². The lowest BCUT2D eigenvalue weighted by molar-refractivity contribution is -0.148. The summed E-state index contributed by atoms with van der Waals surface area (Å²) in [6, 6.07) is 18.9. The minimum absolute atomic E-state index is 0.106. The Morgan fingerprint density at radius 2 is 1.54 bits per heavy atom. The quantitative estimate of drug-likeness (QED) is 0.553. The average Bonchev–Trinajstić information content (AvgIpc) is 2.62. The van der Waals surface area contributed by atoms with E-state index in [1.165, 1.54) is 11.8 Å². The first-order valence-corrected chi connectivity index (χ1v) is 9.60. The highest BCUT2D eigenvalue weighted by molar-refractivity contribution is 8.00. The molecule has 2 unspecified atom stereocenters. The summed E-state index contributed by atoms with van der Waals surface area (Å²) in [5.74, 6) is -0.428. The van der Waals surface area contributed by atoms with Crippen molar-refractivity contribution in [3.05, 3.63) is 66.2 Å². The lowest BCUT2D eigenvalue weighted by Crippen LogP contribution is -2.35. The van der Waals surface area contributed by atoms with Gasteiger partial charge in [0.25, 0.3) is 0 Å². The molecule has 5 heteroatoms. The van der Waals surface area contributed by atoms with Gasteiger partial charge in [0.05, 0.1) is 23.8 Å². The highest BCUT2D eigenvalue weighted by Crippen LogP contribution is 2.24. The average molecular weight is 372 g/mol. The first kappa shape index (κ1) is 20.0. The normalized spacial score (nSPS) is 13.1. The van der Waals surface area contributed by atoms with Crippen LogP contribution in [0.3, 0.4) is 0 Å². The Morgan fingerprint density at radius 1 is 0.962 bits per heavy atom. The molecular formula is C21H25NO3S. The zero-order chi connectivity index (χ0) is 18.9. The summed E-state index contributed by atoms with van der Waals surface area (Å²) >= 11 is 1.49. The summed E-state index contributed by atoms with van der Waals surface area (Å²) in [5, 5.41) is 2.72. The van der Waals surface area contributed by atoms with Crippen LogP contribution >= 0.6 is 11.8 Å². The largest absolute Gasteiger partial charge is 0.463 e. The van der Waals surface area contributed by atoms with E-state index < -0.39 is 6.04 Å². The smallest absolute Gasteiger partial charge is 0.308 e. The van der Waals surface area contributed by atoms with Crippen LogP contribution in [0.5, 0.6) is 0 Å². The topological polar surface area (TPSA) is 55.4 Å². The maximum Gasteiger partial charge on any atom is 0.308 e. The van der Waals surface area contributed by atoms with E-state index >= 15 is 0 Å². The van der Waals surface area contributed by atoms with Crippen LogP contribution in [0.25, 0.3) is 0 Å². The second-order valence-electron chi connectivity index (χ2n) is 6.29. The van der Waals surface area contributed by atoms with Gasteiger partial charge in [-0.25, -0.2) is 0 Å². The van der Waals surface area contributed by atoms with Crippen LogP contribution < -0.4 is 5.32 Å². The first-order chi connectivity index (χ1) is 12.5. The molecule has 0 bridgehead atoms. The summed E-state index contributed by atoms with van der Waals surface area (Å²) in [6.45, 7) is 5.49. The lowest BCUT2D eigenvalue weighted by atomic mass is 10.0. The van der Waals surface area contributed by atoms with Crippen molar-refractivity contribution in [1.82, 2.24) is 5.32 Å². The highest BCUT2D eigenvalue weighted by atomic mass is 32.2. The molecule has 2 aromatic rings. The van der Waals surface area contributed by atoms with Crippen LogP contribution in [0.15, 0.2) is 65.6 Å². The van der Waals surface area contributed by atoms with E-state index in [-0.39, 0.29) is 29.7 Å². The van der Waals surface area contributed by atoms with Gasteiger partial charge >= 0.3 is 5.97 Å². The molecule has 1 amide bonds. The van der Waals surface area contributed by atoms with Gasteiger partial charge in [-0.3, -0.25) is 9.59 Å². The molecule has 0 aliphatic heterocycles. The molecule has 0 heterocycles. The number of hydrogen-bond acceptors (Lipinski definition) is 4. The summed E-state index contributed by atoms with van der Waals surface area (Å²) in [6.07, 6.45) is -0.0707. The molecule has 0 saturated carbocycles. The molecule has 138 valence electrons. The standard InChI is InChI=1S/C21H25NO3S/c1-15(2)25-20(23)14-19(17-10-6-4-7-11-17)22-21(24)16(3)26-18-12-8-5-9-13-18/h4-13,15-16,19H,14H2,1-3H3,(H,22,24). The fraction of sp³-hybridized carbons (Fsp3) is 0.333. The van der Waals surface area contributed by atoms with Gasteiger partial charge in [0.15, 0.2) is 0 Å². The second kappa shape index (κ2) is 10.0. The third-order valence-corrected chi connectivity index (χ3v) is 4.79. The zero-order valence-electron chi connectivity index (χ0n) is 15.3. The van der Waals surface area contributed by atoms with Crippen molar-refractivity contribution in [2.75, 3.05) is 0 Å². The van der Waals surface area contributed by atoms with E-state index in [2.05, 4.69) is 5.32 Å². The lowest BCUT2D eigenvalue weighted by Gasteiger charge is -2.21. The van der Waals surface area contributed by atoms with Crippen LogP contribution in [0.4, 0.5) is 0 Å². The number of amides is 1. The molecule has 0 spiro atoms. The summed E-state index contributed by atoms with van der Waals surface area (Å²) < 4.78 is 5.24. The molecule has 1 N–H and O–H groups in total. The van der Waals surface area contributed by atoms with Gasteiger partial charge in [0, 0.05) is 4.90 Å². The molecule has 2 rings (SSSR count). The predicted octanol–water partition coefficient (Wildman–Crippen LogP) is 4.37. The minimum Gasteiger partial charge on any atom is -0.463 e. The van der Waals surface area contributed by atoms with Gasteiger partial charge in [-0.05, 0) is 38.5 Å². The van der Waals surface area contributed by atoms with Gasteiger partial charge in [0.1, 0.15) is 0 Å². The van der Waals surface area contributed by atoms with Crippen LogP contribution in [0, 0.1) is 0 Å². The Kier molecular flexibility index (Phi) is 7.73. The van der Waals surface area contributed by atoms with E-state index in [0.717, 1.165) is 10.5 Å². The molecule has 4 nitrogen and oxygen atoms in total. The van der Waals surface area contributed by atoms with Crippen molar-refractivity contribution in [3.8, 4) is 0 Å². The summed E-state index contributed by atoms with van der Waals surface area (Å²) in [5.41, 5.74) is 0.887. The van der Waals surface area contributed by atoms with Crippen LogP contribution in [-0.2, 0) is 14.3 Å². The zero-order valence-corrected chi connectivity index (χ0v) is 16.2. The van der Waals surface area contributed by atoms with E-state index in [0.29, 0.717) is 0 Å². The highest BCUT2D eigenvalue weighted by Gasteiger charge is 2.23. The Balaban J connectivity index is 2.05. The van der Waals surface area contributed by atoms with E-state index in [4.69, 9.17) is 4.74 Å². The maximum atomic E-state index is 12.7. The number of carbonyl (C=O) groups is 2. The molecule has 0 aliphatic rings. The molecular weight excluding hydrogens is 346 g/mol. The van der Waals surface area contributed by atoms with Crippen molar-refractivity contribution in [2.45, 2.75) is 49.5 Å². The number of nitrogens with one attached hydrogen (secondary N) is 1. The number of hydrogen-bond donors (Lipinski definition) is 1. The van der Waals surface area contributed by atoms with Crippen molar-refractivity contribution in [1.29, 1.82) is 0 Å². The summed E-state index contributed by atoms with van der Waals surface area (Å²) in [4.78, 5) is 25.8. The fourth-order valence-electron chi connectivity index (χ4n) is 2.46. The number of carbonyl (C=O) groups excluding carboxylic acids is 2. The van der Waals surface area contributed by atoms with Gasteiger partial charge in [-0.15, -0.1) is 11.8 Å². The van der Waals surface area contributed by atoms with E-state index in [9.17, 15) is 9.59 Å². The van der Waals surface area contributed by atoms with Crippen LogP contribution in [0.1, 0.15) is 38.8 Å². The Morgan fingerprint density at radius 3 is 2.12 bits per heavy atom. The molecule has 0 radical (unpaired) electrons. The molecule has 26 heavy (non-hydrogen) atoms. The Hall–Kier alpha value is -2.27. The number of ether oxygens (including phenoxy) is 1. The molecule has 0 fully saturated rings. The van der Waals surface area contributed by atoms with Gasteiger partial charge in [0.2, 0.25) is 5.91 Å². The molecule has 2 aromatic carbocycles. The maximum absolute atomic E-state index is 12.7. The third kappa shape index (κ3) is 6.56. The van der Waals surface area contributed by atoms with Crippen LogP contribution in [0.2, 0.25) is 0 Å². The van der Waals surface area contributed by atoms with Gasteiger partial charge < -0.3 is 10.1 Å². The third-order valence-electron chi connectivity index (χ3n) is 3.68. The molecule has 2 atom stereocenters. The number of esters is 1. The Labute approximate surface area is 159 Å². The monoisotopic (exact) mass is 371 g/mol. The molecule has 0 saturated heterocycles. The van der Waals surface area contributed by atoms with Crippen LogP contribution in [-0.4, -0.2) is 23.2 Å². The minimum atomic E-state index is -0.409. The van der Waals surface area contributed by atoms with Gasteiger partial charge in [-0.2, -0.15) is 0 Å². The predicted molar refractivity (Wildman–Crippen MR) is 105 cm³/mol. The first-order valence-electron chi connectivity index (χ1n) is 8.72. The molecule has 0 aromatic heterocycles. The number of thioether (sulfide) groups is 1. The number of benzene rings is 2. The van der Waals surface area contributed by atoms with Crippen molar-refractivity contribution >= 4 is 23.6 Å². The van der Waals surface area contributed by atoms with E-state index in [1.807, 2.05) is 81.4 Å². The van der Waals surface area contributed by atoms with Crippen molar-refractivity contribution in [3.63, 3.8) is 0 Å². The Bertz CT molecular complexity index is 704. The SMILES string of the molecule is CC(C)OC(=O)CC(NC(=O)C(C)Sc1ccccc1)c1ccccc1. The second-order valence-corrected chi connectivity index (χ2v) is 7.70. The fourth-order valence-corrected chi connectivity index (χ4v) is 3.36. The van der Waals surface area contributed by atoms with Crippen molar-refractivity contribution in [2.24, 2.45) is 0 Å². The number of rotatable bonds is 8. The van der Waals surface area contributed by atoms with Gasteiger partial charge in [-0.1, -0.05) is 48.5 Å². The summed E-state index contributed by atoms with van der Waals surface area (Å²) in [7, 11) is 0. The molecule has 0 aliphatic carbocycles. The van der Waals surface area contributed by atoms with Crippen molar-refractivity contribution < 1.29 is 14.3 Å².